The molecule has 0 aliphatic rings. The van der Waals surface area contributed by atoms with Gasteiger partial charge >= 0.3 is 10.2 Å². The second-order valence-corrected chi connectivity index (χ2v) is 5.74. The zero-order valence-corrected chi connectivity index (χ0v) is 12.0. The Morgan fingerprint density at radius 3 is 2.47 bits per heavy atom. The molecule has 0 saturated carbocycles. The van der Waals surface area contributed by atoms with Crippen molar-refractivity contribution in [2.45, 2.75) is 13.3 Å². The number of hydrogen-bond acceptors (Lipinski definition) is 4. The van der Waals surface area contributed by atoms with Gasteiger partial charge < -0.3 is 9.84 Å². The van der Waals surface area contributed by atoms with Crippen LogP contribution in [0.2, 0.25) is 0 Å². The number of rotatable bonds is 8. The molecule has 0 unspecified atom stereocenters. The molecule has 0 bridgehead atoms. The number of ether oxygens (including phenoxy) is 1. The summed E-state index contributed by atoms with van der Waals surface area (Å²) in [6.45, 7) is 2.67. The summed E-state index contributed by atoms with van der Waals surface area (Å²) < 4.78 is 32.7. The molecular formula is C12H20N2O4S. The summed E-state index contributed by atoms with van der Waals surface area (Å²) in [6.07, 6.45) is 0.403. The van der Waals surface area contributed by atoms with Crippen molar-refractivity contribution in [1.82, 2.24) is 4.31 Å². The molecule has 0 spiro atoms. The maximum absolute atomic E-state index is 11.9. The van der Waals surface area contributed by atoms with E-state index in [9.17, 15) is 8.42 Å². The van der Waals surface area contributed by atoms with Crippen LogP contribution in [0.15, 0.2) is 24.3 Å². The van der Waals surface area contributed by atoms with Crippen LogP contribution in [-0.2, 0) is 10.2 Å². The Bertz CT molecular complexity index is 473. The normalized spacial score (nSPS) is 11.6. The molecule has 0 aliphatic carbocycles. The lowest BCUT2D eigenvalue weighted by molar-refractivity contribution is 0.276. The van der Waals surface area contributed by atoms with Gasteiger partial charge in [-0.2, -0.15) is 12.7 Å². The van der Waals surface area contributed by atoms with E-state index < -0.39 is 10.2 Å². The highest BCUT2D eigenvalue weighted by molar-refractivity contribution is 7.90. The van der Waals surface area contributed by atoms with Crippen LogP contribution in [0.4, 0.5) is 5.69 Å². The molecule has 2 N–H and O–H groups in total. The van der Waals surface area contributed by atoms with Crippen LogP contribution in [-0.4, -0.2) is 44.6 Å². The first-order valence-electron chi connectivity index (χ1n) is 6.07. The highest BCUT2D eigenvalue weighted by atomic mass is 32.2. The van der Waals surface area contributed by atoms with E-state index in [-0.39, 0.29) is 13.2 Å². The predicted octanol–water partition coefficient (Wildman–Crippen LogP) is 1.06. The molecule has 19 heavy (non-hydrogen) atoms. The molecule has 108 valence electrons. The first-order valence-corrected chi connectivity index (χ1v) is 7.51. The highest BCUT2D eigenvalue weighted by Gasteiger charge is 2.16. The Kier molecular flexibility index (Phi) is 6.07. The SMILES string of the molecule is CCOc1ccc(NS(=O)(=O)N(C)CCCO)cc1. The van der Waals surface area contributed by atoms with Gasteiger partial charge in [0.25, 0.3) is 0 Å². The lowest BCUT2D eigenvalue weighted by Gasteiger charge is -2.17. The van der Waals surface area contributed by atoms with Gasteiger partial charge in [0.05, 0.1) is 12.3 Å². The average molecular weight is 288 g/mol. The summed E-state index contributed by atoms with van der Waals surface area (Å²) >= 11 is 0. The molecule has 1 aromatic carbocycles. The topological polar surface area (TPSA) is 78.9 Å². The number of aliphatic hydroxyl groups is 1. The second kappa shape index (κ2) is 7.32. The van der Waals surface area contributed by atoms with Gasteiger partial charge in [-0.25, -0.2) is 0 Å². The lowest BCUT2D eigenvalue weighted by atomic mass is 10.3. The summed E-state index contributed by atoms with van der Waals surface area (Å²) in [7, 11) is -2.11. The number of nitrogens with one attached hydrogen (secondary N) is 1. The van der Waals surface area contributed by atoms with Crippen molar-refractivity contribution in [1.29, 1.82) is 0 Å². The second-order valence-electron chi connectivity index (χ2n) is 3.96. The molecule has 0 saturated heterocycles. The fourth-order valence-electron chi connectivity index (χ4n) is 1.43. The minimum absolute atomic E-state index is 0.0388. The van der Waals surface area contributed by atoms with E-state index in [0.717, 1.165) is 0 Å². The van der Waals surface area contributed by atoms with Gasteiger partial charge in [-0.1, -0.05) is 0 Å². The highest BCUT2D eigenvalue weighted by Crippen LogP contribution is 2.17. The molecular weight excluding hydrogens is 268 g/mol. The maximum Gasteiger partial charge on any atom is 0.301 e. The summed E-state index contributed by atoms with van der Waals surface area (Å²) in [4.78, 5) is 0. The molecule has 7 heteroatoms. The van der Waals surface area contributed by atoms with Crippen molar-refractivity contribution < 1.29 is 18.3 Å². The minimum atomic E-state index is -3.58. The van der Waals surface area contributed by atoms with Crippen molar-refractivity contribution in [3.63, 3.8) is 0 Å². The number of hydrogen-bond donors (Lipinski definition) is 2. The smallest absolute Gasteiger partial charge is 0.301 e. The summed E-state index contributed by atoms with van der Waals surface area (Å²) in [6, 6.07) is 6.69. The zero-order valence-electron chi connectivity index (χ0n) is 11.2. The van der Waals surface area contributed by atoms with E-state index in [1.165, 1.54) is 11.4 Å². The van der Waals surface area contributed by atoms with Gasteiger partial charge in [0.15, 0.2) is 0 Å². The molecule has 0 atom stereocenters. The molecule has 1 rings (SSSR count). The molecule has 0 heterocycles. The Labute approximate surface area is 114 Å². The van der Waals surface area contributed by atoms with Crippen LogP contribution >= 0.6 is 0 Å². The van der Waals surface area contributed by atoms with Crippen LogP contribution in [0.3, 0.4) is 0 Å². The van der Waals surface area contributed by atoms with Gasteiger partial charge in [-0.3, -0.25) is 4.72 Å². The van der Waals surface area contributed by atoms with Crippen molar-refractivity contribution >= 4 is 15.9 Å². The van der Waals surface area contributed by atoms with E-state index >= 15 is 0 Å². The fourth-order valence-corrected chi connectivity index (χ4v) is 2.39. The van der Waals surface area contributed by atoms with E-state index in [4.69, 9.17) is 9.84 Å². The standard InChI is InChI=1S/C12H20N2O4S/c1-3-18-12-7-5-11(6-8-12)13-19(16,17)14(2)9-4-10-15/h5-8,13,15H,3-4,9-10H2,1-2H3. The van der Waals surface area contributed by atoms with E-state index in [2.05, 4.69) is 4.72 Å². The molecule has 1 aromatic rings. The fraction of sp³-hybridized carbons (Fsp3) is 0.500. The Morgan fingerprint density at radius 1 is 1.32 bits per heavy atom. The van der Waals surface area contributed by atoms with Crippen molar-refractivity contribution in [3.8, 4) is 5.75 Å². The summed E-state index contributed by atoms with van der Waals surface area (Å²) in [5.74, 6) is 0.694. The molecule has 0 aromatic heterocycles. The van der Waals surface area contributed by atoms with Gasteiger partial charge in [-0.05, 0) is 37.6 Å². The first kappa shape index (κ1) is 15.7. The third kappa shape index (κ3) is 5.06. The van der Waals surface area contributed by atoms with Gasteiger partial charge in [0, 0.05) is 20.2 Å². The summed E-state index contributed by atoms with van der Waals surface area (Å²) in [5, 5.41) is 8.70. The molecule has 0 aliphatic heterocycles. The minimum Gasteiger partial charge on any atom is -0.494 e. The van der Waals surface area contributed by atoms with Crippen LogP contribution in [0.1, 0.15) is 13.3 Å². The van der Waals surface area contributed by atoms with Gasteiger partial charge in [0.2, 0.25) is 0 Å². The zero-order chi connectivity index (χ0) is 14.3. The average Bonchev–Trinajstić information content (AvgIpc) is 2.38. The quantitative estimate of drug-likeness (QED) is 0.749. The lowest BCUT2D eigenvalue weighted by Crippen LogP contribution is -2.33. The van der Waals surface area contributed by atoms with E-state index in [1.54, 1.807) is 24.3 Å². The molecule has 6 nitrogen and oxygen atoms in total. The third-order valence-corrected chi connectivity index (χ3v) is 3.95. The maximum atomic E-state index is 11.9. The summed E-state index contributed by atoms with van der Waals surface area (Å²) in [5.41, 5.74) is 0.472. The molecule has 0 fully saturated rings. The Hall–Kier alpha value is -1.31. The molecule has 0 radical (unpaired) electrons. The van der Waals surface area contributed by atoms with Crippen molar-refractivity contribution in [2.24, 2.45) is 0 Å². The predicted molar refractivity (Wildman–Crippen MR) is 74.5 cm³/mol. The van der Waals surface area contributed by atoms with Crippen LogP contribution < -0.4 is 9.46 Å². The van der Waals surface area contributed by atoms with Crippen molar-refractivity contribution in [2.75, 3.05) is 31.5 Å². The van der Waals surface area contributed by atoms with Gasteiger partial charge in [0.1, 0.15) is 5.75 Å². The Balaban J connectivity index is 2.67. The van der Waals surface area contributed by atoms with E-state index in [1.807, 2.05) is 6.92 Å². The number of aliphatic hydroxyl groups excluding tert-OH is 1. The van der Waals surface area contributed by atoms with Crippen LogP contribution in [0.5, 0.6) is 5.75 Å². The van der Waals surface area contributed by atoms with E-state index in [0.29, 0.717) is 24.5 Å². The number of benzene rings is 1. The first-order chi connectivity index (χ1) is 8.99. The number of anilines is 1. The van der Waals surface area contributed by atoms with Gasteiger partial charge in [-0.15, -0.1) is 0 Å². The largest absolute Gasteiger partial charge is 0.494 e. The molecule has 0 amide bonds. The van der Waals surface area contributed by atoms with Crippen molar-refractivity contribution in [3.05, 3.63) is 24.3 Å². The number of nitrogens with zero attached hydrogens (tertiary/aromatic N) is 1. The Morgan fingerprint density at radius 2 is 1.95 bits per heavy atom. The third-order valence-electron chi connectivity index (χ3n) is 2.45. The van der Waals surface area contributed by atoms with Crippen LogP contribution in [0, 0.1) is 0 Å². The van der Waals surface area contributed by atoms with Crippen LogP contribution in [0.25, 0.3) is 0 Å². The monoisotopic (exact) mass is 288 g/mol.